The van der Waals surface area contributed by atoms with Gasteiger partial charge >= 0.3 is 0 Å². The molecular weight excluding hydrogens is 277 g/mol. The molecule has 0 bridgehead atoms. The number of aromatic amines is 1. The second-order valence-corrected chi connectivity index (χ2v) is 4.40. The van der Waals surface area contributed by atoms with Crippen LogP contribution < -0.4 is 0 Å². The molecule has 0 aromatic carbocycles. The van der Waals surface area contributed by atoms with Gasteiger partial charge < -0.3 is 0 Å². The Morgan fingerprint density at radius 2 is 2.33 bits per heavy atom. The number of nitrogens with one attached hydrogen (secondary N) is 1. The molecule has 2 nitrogen and oxygen atoms in total. The van der Waals surface area contributed by atoms with Crippen LogP contribution in [0.3, 0.4) is 0 Å². The van der Waals surface area contributed by atoms with Gasteiger partial charge in [-0.3, -0.25) is 5.10 Å². The Hall–Kier alpha value is -0.200. The maximum atomic E-state index is 13.3. The molecule has 1 aromatic rings. The summed E-state index contributed by atoms with van der Waals surface area (Å²) in [5.41, 5.74) is 0.832. The zero-order valence-corrected chi connectivity index (χ0v) is 8.10. The first-order valence-corrected chi connectivity index (χ1v) is 4.82. The van der Waals surface area contributed by atoms with Crippen molar-refractivity contribution in [3.05, 3.63) is 15.0 Å². The highest BCUT2D eigenvalue weighted by atomic mass is 127. The van der Waals surface area contributed by atoms with Crippen molar-refractivity contribution in [1.29, 1.82) is 0 Å². The van der Waals surface area contributed by atoms with Gasteiger partial charge in [0.15, 0.2) is 0 Å². The fraction of sp³-hybridized carbons (Fsp3) is 0.571. The molecule has 0 spiro atoms. The van der Waals surface area contributed by atoms with Crippen LogP contribution in [0.25, 0.3) is 0 Å². The number of hydrogen-bond acceptors (Lipinski definition) is 1. The molecule has 64 valence electrons. The number of H-pyrrole nitrogens is 1. The zero-order valence-electron chi connectivity index (χ0n) is 5.94. The summed E-state index contributed by atoms with van der Waals surface area (Å²) in [5.74, 6) is -2.99. The van der Waals surface area contributed by atoms with Gasteiger partial charge in [-0.1, -0.05) is 0 Å². The van der Waals surface area contributed by atoms with E-state index in [0.717, 1.165) is 5.56 Å². The van der Waals surface area contributed by atoms with Gasteiger partial charge in [-0.05, 0) is 34.9 Å². The first kappa shape index (κ1) is 7.23. The lowest BCUT2D eigenvalue weighted by Gasteiger charge is -2.09. The van der Waals surface area contributed by atoms with E-state index in [-0.39, 0.29) is 11.6 Å². The van der Waals surface area contributed by atoms with Crippen LogP contribution in [0.5, 0.6) is 0 Å². The number of rotatable bonds is 0. The van der Waals surface area contributed by atoms with Gasteiger partial charge in [0.05, 0.1) is 0 Å². The largest absolute Gasteiger partial charge is 0.292 e. The Morgan fingerprint density at radius 1 is 1.58 bits per heavy atom. The van der Waals surface area contributed by atoms with E-state index < -0.39 is 11.8 Å². The van der Waals surface area contributed by atoms with E-state index in [9.17, 15) is 8.78 Å². The summed E-state index contributed by atoms with van der Waals surface area (Å²) in [6.07, 6.45) is 0.634. The quantitative estimate of drug-likeness (QED) is 0.726. The van der Waals surface area contributed by atoms with Crippen molar-refractivity contribution < 1.29 is 8.78 Å². The first-order chi connectivity index (χ1) is 5.62. The molecule has 0 aliphatic heterocycles. The molecule has 1 saturated carbocycles. The fourth-order valence-corrected chi connectivity index (χ4v) is 2.81. The first-order valence-electron chi connectivity index (χ1n) is 3.74. The molecule has 2 aliphatic carbocycles. The lowest BCUT2D eigenvalue weighted by Crippen LogP contribution is -2.13. The maximum Gasteiger partial charge on any atom is 0.292 e. The molecule has 0 saturated heterocycles. The standard InChI is InChI=1S/C7H5F2IN2/c8-7(9)3-1-2(3)4-5(7)11-12-6(4)10/h2-3H,1H2,(H,11,12)/t2-,3+/m0/s1. The monoisotopic (exact) mass is 282 g/mol. The van der Waals surface area contributed by atoms with Crippen molar-refractivity contribution in [3.63, 3.8) is 0 Å². The molecule has 1 fully saturated rings. The predicted octanol–water partition coefficient (Wildman–Crippen LogP) is 2.22. The third kappa shape index (κ3) is 0.627. The van der Waals surface area contributed by atoms with Gasteiger partial charge in [-0.25, -0.2) is 0 Å². The Balaban J connectivity index is 2.27. The van der Waals surface area contributed by atoms with Crippen LogP contribution in [0.2, 0.25) is 0 Å². The minimum Gasteiger partial charge on any atom is -0.275 e. The van der Waals surface area contributed by atoms with E-state index in [4.69, 9.17) is 0 Å². The normalized spacial score (nSPS) is 34.6. The van der Waals surface area contributed by atoms with Crippen LogP contribution in [-0.2, 0) is 5.92 Å². The van der Waals surface area contributed by atoms with Crippen molar-refractivity contribution in [2.24, 2.45) is 5.92 Å². The molecule has 0 unspecified atom stereocenters. The third-order valence-electron chi connectivity index (χ3n) is 2.72. The predicted molar refractivity (Wildman–Crippen MR) is 46.0 cm³/mol. The molecule has 1 heterocycles. The van der Waals surface area contributed by atoms with Crippen LogP contribution in [0.15, 0.2) is 0 Å². The number of hydrogen-bond donors (Lipinski definition) is 1. The molecule has 5 heteroatoms. The summed E-state index contributed by atoms with van der Waals surface area (Å²) in [5, 5.41) is 6.22. The Labute approximate surface area is 80.9 Å². The number of aromatic nitrogens is 2. The lowest BCUT2D eigenvalue weighted by atomic mass is 10.2. The van der Waals surface area contributed by atoms with E-state index in [0.29, 0.717) is 10.1 Å². The minimum atomic E-state index is -2.64. The lowest BCUT2D eigenvalue weighted by molar-refractivity contribution is -0.0268. The summed E-state index contributed by atoms with van der Waals surface area (Å²) in [4.78, 5) is 0. The smallest absolute Gasteiger partial charge is 0.275 e. The average molecular weight is 282 g/mol. The van der Waals surface area contributed by atoms with Gasteiger partial charge in [0.1, 0.15) is 9.39 Å². The number of alkyl halides is 2. The van der Waals surface area contributed by atoms with Crippen molar-refractivity contribution in [2.45, 2.75) is 18.3 Å². The highest BCUT2D eigenvalue weighted by molar-refractivity contribution is 14.1. The van der Waals surface area contributed by atoms with Crippen molar-refractivity contribution >= 4 is 22.6 Å². The van der Waals surface area contributed by atoms with Gasteiger partial charge in [-0.15, -0.1) is 0 Å². The molecule has 0 radical (unpaired) electrons. The number of halogens is 3. The Morgan fingerprint density at radius 3 is 3.00 bits per heavy atom. The molecule has 3 rings (SSSR count). The highest BCUT2D eigenvalue weighted by Gasteiger charge is 2.65. The minimum absolute atomic E-state index is 0.0631. The Kier molecular flexibility index (Phi) is 1.10. The number of nitrogens with zero attached hydrogens (tertiary/aromatic N) is 1. The zero-order chi connectivity index (χ0) is 8.51. The Bertz CT molecular complexity index is 360. The van der Waals surface area contributed by atoms with E-state index >= 15 is 0 Å². The SMILES string of the molecule is FC1(F)c2[nH]nc(I)c2[C@H]2C[C@H]21. The summed E-state index contributed by atoms with van der Waals surface area (Å²) in [7, 11) is 0. The van der Waals surface area contributed by atoms with Gasteiger partial charge in [0.2, 0.25) is 0 Å². The van der Waals surface area contributed by atoms with E-state index in [1.807, 2.05) is 22.6 Å². The van der Waals surface area contributed by atoms with E-state index in [1.165, 1.54) is 0 Å². The maximum absolute atomic E-state index is 13.3. The molecule has 1 aromatic heterocycles. The van der Waals surface area contributed by atoms with Crippen LogP contribution in [-0.4, -0.2) is 10.2 Å². The topological polar surface area (TPSA) is 28.7 Å². The molecule has 1 N–H and O–H groups in total. The van der Waals surface area contributed by atoms with Crippen LogP contribution in [0, 0.1) is 9.62 Å². The van der Waals surface area contributed by atoms with Crippen molar-refractivity contribution in [3.8, 4) is 0 Å². The van der Waals surface area contributed by atoms with E-state index in [2.05, 4.69) is 10.2 Å². The van der Waals surface area contributed by atoms with E-state index in [1.54, 1.807) is 0 Å². The van der Waals surface area contributed by atoms with Crippen LogP contribution in [0.1, 0.15) is 23.6 Å². The van der Waals surface area contributed by atoms with Crippen molar-refractivity contribution in [1.82, 2.24) is 10.2 Å². The highest BCUT2D eigenvalue weighted by Crippen LogP contribution is 2.66. The average Bonchev–Trinajstić information content (AvgIpc) is 2.64. The molecular formula is C7H5F2IN2. The summed E-state index contributed by atoms with van der Waals surface area (Å²) in [6.45, 7) is 0. The fourth-order valence-electron chi connectivity index (χ4n) is 2.02. The van der Waals surface area contributed by atoms with Gasteiger partial charge in [-0.2, -0.15) is 13.9 Å². The second-order valence-electron chi connectivity index (χ2n) is 3.37. The second kappa shape index (κ2) is 1.83. The molecule has 12 heavy (non-hydrogen) atoms. The van der Waals surface area contributed by atoms with Crippen LogP contribution >= 0.6 is 22.6 Å². The molecule has 0 amide bonds. The molecule has 2 aliphatic rings. The van der Waals surface area contributed by atoms with Crippen molar-refractivity contribution in [2.75, 3.05) is 0 Å². The summed E-state index contributed by atoms with van der Waals surface area (Å²) in [6, 6.07) is 0. The van der Waals surface area contributed by atoms with Gasteiger partial charge in [0, 0.05) is 11.5 Å². The third-order valence-corrected chi connectivity index (χ3v) is 3.54. The van der Waals surface area contributed by atoms with Gasteiger partial charge in [0.25, 0.3) is 5.92 Å². The molecule has 2 atom stereocenters. The summed E-state index contributed by atoms with van der Waals surface area (Å²) >= 11 is 2.00. The summed E-state index contributed by atoms with van der Waals surface area (Å²) < 4.78 is 27.3. The van der Waals surface area contributed by atoms with Crippen LogP contribution in [0.4, 0.5) is 8.78 Å². The number of fused-ring (bicyclic) bond motifs is 3.